The van der Waals surface area contributed by atoms with E-state index in [0.717, 1.165) is 5.56 Å². The van der Waals surface area contributed by atoms with Crippen LogP contribution in [0.15, 0.2) is 30.3 Å². The minimum Gasteiger partial charge on any atom is -0.346 e. The molecule has 1 atom stereocenters. The predicted octanol–water partition coefficient (Wildman–Crippen LogP) is 2.43. The largest absolute Gasteiger partial charge is 0.404 e. The minimum atomic E-state index is -4.68. The Morgan fingerprint density at radius 3 is 2.37 bits per heavy atom. The molecule has 1 fully saturated rings. The van der Waals surface area contributed by atoms with Crippen molar-refractivity contribution in [3.05, 3.63) is 35.9 Å². The number of likely N-dealkylation sites (N-methyl/N-ethyl adjacent to an activating group) is 1. The monoisotopic (exact) mass is 385 g/mol. The molecule has 150 valence electrons. The summed E-state index contributed by atoms with van der Waals surface area (Å²) in [4.78, 5) is 27.6. The summed E-state index contributed by atoms with van der Waals surface area (Å²) in [6, 6.07) is 9.18. The summed E-state index contributed by atoms with van der Waals surface area (Å²) >= 11 is 0. The molecule has 2 amide bonds. The third kappa shape index (κ3) is 4.80. The number of halogens is 3. The Morgan fingerprint density at radius 2 is 1.81 bits per heavy atom. The molecule has 1 saturated heterocycles. The summed E-state index contributed by atoms with van der Waals surface area (Å²) in [6.45, 7) is 4.14. The van der Waals surface area contributed by atoms with Crippen molar-refractivity contribution in [1.29, 1.82) is 0 Å². The van der Waals surface area contributed by atoms with Gasteiger partial charge in [-0.15, -0.1) is 0 Å². The van der Waals surface area contributed by atoms with E-state index in [0.29, 0.717) is 19.6 Å². The summed E-state index contributed by atoms with van der Waals surface area (Å²) in [5, 5.41) is 2.23. The zero-order valence-electron chi connectivity index (χ0n) is 15.7. The Balaban J connectivity index is 2.06. The Morgan fingerprint density at radius 1 is 1.19 bits per heavy atom. The number of amides is 2. The summed E-state index contributed by atoms with van der Waals surface area (Å²) in [7, 11) is 0. The predicted molar refractivity (Wildman–Crippen MR) is 95.8 cm³/mol. The van der Waals surface area contributed by atoms with E-state index in [1.54, 1.807) is 18.7 Å². The van der Waals surface area contributed by atoms with E-state index in [1.807, 2.05) is 30.3 Å². The van der Waals surface area contributed by atoms with Crippen LogP contribution < -0.4 is 5.32 Å². The van der Waals surface area contributed by atoms with Gasteiger partial charge in [0, 0.05) is 26.2 Å². The molecule has 1 unspecified atom stereocenters. The number of benzene rings is 1. The molecule has 0 spiro atoms. The molecule has 1 aromatic rings. The zero-order chi connectivity index (χ0) is 20.1. The first kappa shape index (κ1) is 21.2. The fraction of sp³-hybridized carbons (Fsp3) is 0.579. The maximum Gasteiger partial charge on any atom is 0.404 e. The highest BCUT2D eigenvalue weighted by Gasteiger charge is 2.62. The molecule has 0 aromatic heterocycles. The van der Waals surface area contributed by atoms with Crippen LogP contribution in [0.5, 0.6) is 0 Å². The first-order valence-corrected chi connectivity index (χ1v) is 9.12. The van der Waals surface area contributed by atoms with Crippen molar-refractivity contribution in [3.63, 3.8) is 0 Å². The van der Waals surface area contributed by atoms with Gasteiger partial charge in [0.1, 0.15) is 0 Å². The van der Waals surface area contributed by atoms with Crippen LogP contribution >= 0.6 is 0 Å². The molecule has 1 aliphatic heterocycles. The van der Waals surface area contributed by atoms with Crippen LogP contribution in [0.2, 0.25) is 0 Å². The van der Waals surface area contributed by atoms with Crippen LogP contribution in [0.25, 0.3) is 0 Å². The lowest BCUT2D eigenvalue weighted by Gasteiger charge is -2.31. The van der Waals surface area contributed by atoms with Crippen LogP contribution in [0.1, 0.15) is 25.8 Å². The highest BCUT2D eigenvalue weighted by atomic mass is 19.4. The first-order valence-electron chi connectivity index (χ1n) is 9.12. The van der Waals surface area contributed by atoms with Crippen molar-refractivity contribution in [2.45, 2.75) is 33.0 Å². The van der Waals surface area contributed by atoms with Gasteiger partial charge < -0.3 is 10.2 Å². The highest BCUT2D eigenvalue weighted by molar-refractivity contribution is 5.89. The molecule has 1 N–H and O–H groups in total. The average Bonchev–Trinajstić information content (AvgIpc) is 3.07. The molecular formula is C19H26F3N3O2. The van der Waals surface area contributed by atoms with Crippen LogP contribution in [0, 0.1) is 5.41 Å². The van der Waals surface area contributed by atoms with Gasteiger partial charge in [-0.05, 0) is 32.4 Å². The number of alkyl halides is 3. The molecule has 1 aliphatic rings. The van der Waals surface area contributed by atoms with Gasteiger partial charge in [-0.2, -0.15) is 13.2 Å². The van der Waals surface area contributed by atoms with Gasteiger partial charge in [-0.3, -0.25) is 14.5 Å². The van der Waals surface area contributed by atoms with Crippen LogP contribution in [0.4, 0.5) is 13.2 Å². The van der Waals surface area contributed by atoms with Gasteiger partial charge in [0.2, 0.25) is 11.8 Å². The third-order valence-corrected chi connectivity index (χ3v) is 5.09. The summed E-state index contributed by atoms with van der Waals surface area (Å²) in [5.74, 6) is -1.50. The van der Waals surface area contributed by atoms with Crippen LogP contribution in [0.3, 0.4) is 0 Å². The summed E-state index contributed by atoms with van der Waals surface area (Å²) in [6.07, 6.45) is -4.99. The maximum absolute atomic E-state index is 13.8. The minimum absolute atomic E-state index is 0.172. The molecule has 27 heavy (non-hydrogen) atoms. The van der Waals surface area contributed by atoms with E-state index in [4.69, 9.17) is 0 Å². The van der Waals surface area contributed by atoms with Crippen molar-refractivity contribution >= 4 is 11.8 Å². The highest BCUT2D eigenvalue weighted by Crippen LogP contribution is 2.46. The topological polar surface area (TPSA) is 52.7 Å². The lowest BCUT2D eigenvalue weighted by Crippen LogP contribution is -2.54. The molecule has 8 heteroatoms. The number of likely N-dealkylation sites (tertiary alicyclic amines) is 1. The Hall–Kier alpha value is -2.09. The quantitative estimate of drug-likeness (QED) is 0.784. The molecule has 1 aromatic carbocycles. The lowest BCUT2D eigenvalue weighted by atomic mass is 9.85. The number of carbonyl (C=O) groups excluding carboxylic acids is 2. The molecule has 0 saturated carbocycles. The van der Waals surface area contributed by atoms with E-state index in [2.05, 4.69) is 5.32 Å². The van der Waals surface area contributed by atoms with Crippen LogP contribution in [-0.4, -0.2) is 60.5 Å². The molecule has 0 bridgehead atoms. The van der Waals surface area contributed by atoms with Crippen molar-refractivity contribution in [2.24, 2.45) is 5.41 Å². The fourth-order valence-corrected chi connectivity index (χ4v) is 3.42. The summed E-state index contributed by atoms with van der Waals surface area (Å²) < 4.78 is 41.4. The van der Waals surface area contributed by atoms with Gasteiger partial charge in [0.25, 0.3) is 0 Å². The Bertz CT molecular complexity index is 647. The number of carbonyl (C=O) groups is 2. The van der Waals surface area contributed by atoms with E-state index in [1.165, 1.54) is 4.90 Å². The van der Waals surface area contributed by atoms with E-state index in [9.17, 15) is 22.8 Å². The Labute approximate surface area is 157 Å². The second kappa shape index (κ2) is 8.73. The van der Waals surface area contributed by atoms with Gasteiger partial charge in [-0.25, -0.2) is 0 Å². The molecule has 2 rings (SSSR count). The number of nitrogens with zero attached hydrogens (tertiary/aromatic N) is 2. The van der Waals surface area contributed by atoms with Crippen molar-refractivity contribution < 1.29 is 22.8 Å². The van der Waals surface area contributed by atoms with E-state index < -0.39 is 30.6 Å². The molecule has 1 heterocycles. The zero-order valence-corrected chi connectivity index (χ0v) is 15.7. The molecular weight excluding hydrogens is 359 g/mol. The van der Waals surface area contributed by atoms with Gasteiger partial charge >= 0.3 is 6.18 Å². The number of rotatable bonds is 7. The average molecular weight is 385 g/mol. The van der Waals surface area contributed by atoms with Crippen molar-refractivity contribution in [2.75, 3.05) is 32.7 Å². The second-order valence-electron chi connectivity index (χ2n) is 6.77. The molecule has 0 aliphatic carbocycles. The Kier molecular flexibility index (Phi) is 6.86. The third-order valence-electron chi connectivity index (χ3n) is 5.09. The van der Waals surface area contributed by atoms with Crippen molar-refractivity contribution in [3.8, 4) is 0 Å². The lowest BCUT2D eigenvalue weighted by molar-refractivity contribution is -0.218. The number of nitrogens with one attached hydrogen (secondary N) is 1. The van der Waals surface area contributed by atoms with Crippen LogP contribution in [-0.2, 0) is 16.1 Å². The normalized spacial score (nSPS) is 20.5. The van der Waals surface area contributed by atoms with Crippen molar-refractivity contribution in [1.82, 2.24) is 15.1 Å². The van der Waals surface area contributed by atoms with E-state index in [-0.39, 0.29) is 18.9 Å². The summed E-state index contributed by atoms with van der Waals surface area (Å²) in [5.41, 5.74) is -1.58. The molecule has 0 radical (unpaired) electrons. The smallest absolute Gasteiger partial charge is 0.346 e. The maximum atomic E-state index is 13.8. The fourth-order valence-electron chi connectivity index (χ4n) is 3.42. The van der Waals surface area contributed by atoms with Gasteiger partial charge in [-0.1, -0.05) is 30.3 Å². The van der Waals surface area contributed by atoms with Gasteiger partial charge in [0.05, 0.1) is 6.54 Å². The van der Waals surface area contributed by atoms with Gasteiger partial charge in [0.15, 0.2) is 5.41 Å². The van der Waals surface area contributed by atoms with E-state index >= 15 is 0 Å². The first-order chi connectivity index (χ1) is 12.7. The standard InChI is InChI=1S/C19H26F3N3O2/c1-3-25(4-2)16(26)12-23-17(27)18(19(20,21)22)10-11-24(14-18)13-15-8-6-5-7-9-15/h5-9H,3-4,10-14H2,1-2H3,(H,23,27). The number of hydrogen-bond acceptors (Lipinski definition) is 3. The second-order valence-corrected chi connectivity index (χ2v) is 6.77. The SMILES string of the molecule is CCN(CC)C(=O)CNC(=O)C1(C(F)(F)F)CCN(Cc2ccccc2)C1. The molecule has 5 nitrogen and oxygen atoms in total. The number of hydrogen-bond donors (Lipinski definition) is 1.